The molecular formula is C22H25N5O6. The third-order valence-corrected chi connectivity index (χ3v) is 4.11. The van der Waals surface area contributed by atoms with E-state index >= 15 is 0 Å². The van der Waals surface area contributed by atoms with Crippen LogP contribution in [-0.4, -0.2) is 43.6 Å². The van der Waals surface area contributed by atoms with Gasteiger partial charge in [0.25, 0.3) is 0 Å². The molecule has 0 saturated heterocycles. The fourth-order valence-corrected chi connectivity index (χ4v) is 2.61. The van der Waals surface area contributed by atoms with Gasteiger partial charge in [-0.15, -0.1) is 0 Å². The molecule has 11 nitrogen and oxygen atoms in total. The number of hydrogen-bond acceptors (Lipinski definition) is 7. The molecule has 0 aromatic heterocycles. The van der Waals surface area contributed by atoms with Crippen LogP contribution in [0.2, 0.25) is 0 Å². The van der Waals surface area contributed by atoms with Crippen molar-refractivity contribution in [2.45, 2.75) is 20.3 Å². The Kier molecular flexibility index (Phi) is 8.92. The highest BCUT2D eigenvalue weighted by Crippen LogP contribution is 2.28. The Balaban J connectivity index is 1.88. The molecular weight excluding hydrogens is 430 g/mol. The van der Waals surface area contributed by atoms with E-state index in [9.17, 15) is 19.2 Å². The zero-order valence-corrected chi connectivity index (χ0v) is 18.6. The van der Waals surface area contributed by atoms with E-state index in [0.717, 1.165) is 0 Å². The average Bonchev–Trinajstić information content (AvgIpc) is 2.78. The van der Waals surface area contributed by atoms with Crippen LogP contribution in [0, 0.1) is 0 Å². The van der Waals surface area contributed by atoms with E-state index in [2.05, 4.69) is 26.5 Å². The number of nitrogens with zero attached hydrogens (tertiary/aromatic N) is 1. The van der Waals surface area contributed by atoms with Gasteiger partial charge in [0, 0.05) is 30.1 Å². The molecule has 0 saturated carbocycles. The van der Waals surface area contributed by atoms with Crippen molar-refractivity contribution in [3.63, 3.8) is 0 Å². The maximum atomic E-state index is 12.2. The Morgan fingerprint density at radius 3 is 2.03 bits per heavy atom. The average molecular weight is 455 g/mol. The first-order valence-corrected chi connectivity index (χ1v) is 9.75. The molecule has 4 amide bonds. The largest absolute Gasteiger partial charge is 0.497 e. The monoisotopic (exact) mass is 455 g/mol. The van der Waals surface area contributed by atoms with E-state index < -0.39 is 11.8 Å². The van der Waals surface area contributed by atoms with Gasteiger partial charge in [0.1, 0.15) is 11.5 Å². The van der Waals surface area contributed by atoms with E-state index in [1.54, 1.807) is 36.4 Å². The number of carbonyl (C=O) groups excluding carboxylic acids is 4. The highest BCUT2D eigenvalue weighted by Gasteiger charge is 2.16. The zero-order chi connectivity index (χ0) is 24.4. The van der Waals surface area contributed by atoms with Gasteiger partial charge >= 0.3 is 11.8 Å². The van der Waals surface area contributed by atoms with Crippen molar-refractivity contribution in [1.82, 2.24) is 5.43 Å². The molecule has 174 valence electrons. The molecule has 0 aliphatic heterocycles. The van der Waals surface area contributed by atoms with Crippen molar-refractivity contribution in [2.24, 2.45) is 5.10 Å². The summed E-state index contributed by atoms with van der Waals surface area (Å²) in [6.45, 7) is 2.93. The third kappa shape index (κ3) is 7.98. The van der Waals surface area contributed by atoms with Gasteiger partial charge < -0.3 is 25.4 Å². The number of hydrazone groups is 1. The molecule has 11 heteroatoms. The lowest BCUT2D eigenvalue weighted by atomic mass is 10.2. The Bertz CT molecular complexity index is 1070. The Morgan fingerprint density at radius 1 is 0.818 bits per heavy atom. The van der Waals surface area contributed by atoms with Crippen molar-refractivity contribution in [3.8, 4) is 11.5 Å². The first-order chi connectivity index (χ1) is 15.7. The summed E-state index contributed by atoms with van der Waals surface area (Å²) in [5.41, 5.74) is 3.77. The third-order valence-electron chi connectivity index (χ3n) is 4.11. The maximum Gasteiger partial charge on any atom is 0.329 e. The van der Waals surface area contributed by atoms with Gasteiger partial charge in [0.15, 0.2) is 0 Å². The molecule has 4 N–H and O–H groups in total. The predicted octanol–water partition coefficient (Wildman–Crippen LogP) is 2.12. The molecule has 0 aliphatic carbocycles. The number of amides is 4. The molecule has 0 bridgehead atoms. The highest BCUT2D eigenvalue weighted by molar-refractivity contribution is 6.39. The zero-order valence-electron chi connectivity index (χ0n) is 18.6. The Hall–Kier alpha value is -4.41. The van der Waals surface area contributed by atoms with Crippen molar-refractivity contribution in [3.05, 3.63) is 42.5 Å². The summed E-state index contributed by atoms with van der Waals surface area (Å²) < 4.78 is 10.2. The minimum Gasteiger partial charge on any atom is -0.497 e. The van der Waals surface area contributed by atoms with Crippen LogP contribution in [0.15, 0.2) is 47.6 Å². The smallest absolute Gasteiger partial charge is 0.329 e. The van der Waals surface area contributed by atoms with Crippen LogP contribution in [0.4, 0.5) is 17.1 Å². The second-order valence-electron chi connectivity index (χ2n) is 6.79. The summed E-state index contributed by atoms with van der Waals surface area (Å²) in [7, 11) is 2.89. The summed E-state index contributed by atoms with van der Waals surface area (Å²) in [4.78, 5) is 47.4. The summed E-state index contributed by atoms with van der Waals surface area (Å²) in [5.74, 6) is -1.75. The van der Waals surface area contributed by atoms with Gasteiger partial charge in [0.2, 0.25) is 11.8 Å². The summed E-state index contributed by atoms with van der Waals surface area (Å²) in [5, 5.41) is 11.5. The molecule has 0 atom stereocenters. The molecule has 33 heavy (non-hydrogen) atoms. The second kappa shape index (κ2) is 11.8. The fourth-order valence-electron chi connectivity index (χ4n) is 2.61. The Labute approximate surface area is 190 Å². The number of ether oxygens (including phenoxy) is 2. The summed E-state index contributed by atoms with van der Waals surface area (Å²) in [6.07, 6.45) is -0.112. The molecule has 0 spiro atoms. The van der Waals surface area contributed by atoms with E-state index in [-0.39, 0.29) is 29.6 Å². The molecule has 0 heterocycles. The van der Waals surface area contributed by atoms with E-state index in [4.69, 9.17) is 9.47 Å². The van der Waals surface area contributed by atoms with Crippen molar-refractivity contribution in [2.75, 3.05) is 30.2 Å². The lowest BCUT2D eigenvalue weighted by Gasteiger charge is -2.11. The number of nitrogens with one attached hydrogen (secondary N) is 4. The highest BCUT2D eigenvalue weighted by atomic mass is 16.5. The van der Waals surface area contributed by atoms with Gasteiger partial charge in [-0.25, -0.2) is 5.43 Å². The van der Waals surface area contributed by atoms with Gasteiger partial charge in [0.05, 0.1) is 26.3 Å². The first-order valence-electron chi connectivity index (χ1n) is 9.75. The number of hydrogen-bond donors (Lipinski definition) is 4. The molecule has 2 aromatic carbocycles. The van der Waals surface area contributed by atoms with Crippen LogP contribution in [0.3, 0.4) is 0 Å². The minimum absolute atomic E-state index is 0.112. The topological polar surface area (TPSA) is 147 Å². The van der Waals surface area contributed by atoms with Gasteiger partial charge in [-0.1, -0.05) is 0 Å². The van der Waals surface area contributed by atoms with Crippen LogP contribution < -0.4 is 30.8 Å². The van der Waals surface area contributed by atoms with Crippen LogP contribution in [-0.2, 0) is 19.2 Å². The summed E-state index contributed by atoms with van der Waals surface area (Å²) in [6, 6.07) is 11.3. The predicted molar refractivity (Wildman–Crippen MR) is 123 cm³/mol. The molecule has 0 aliphatic rings. The minimum atomic E-state index is -1.02. The number of methoxy groups -OCH3 is 2. The molecule has 0 fully saturated rings. The normalized spacial score (nSPS) is 10.6. The molecule has 2 rings (SSSR count). The number of carbonyl (C=O) groups is 4. The number of anilines is 3. The van der Waals surface area contributed by atoms with Crippen molar-refractivity contribution < 1.29 is 28.7 Å². The Morgan fingerprint density at radius 2 is 1.45 bits per heavy atom. The summed E-state index contributed by atoms with van der Waals surface area (Å²) >= 11 is 0. The number of benzene rings is 2. The maximum absolute atomic E-state index is 12.2. The van der Waals surface area contributed by atoms with Crippen molar-refractivity contribution >= 4 is 46.4 Å². The standard InChI is InChI=1S/C22H25N5O6/c1-13(11-20(29)24-16-7-5-15(6-8-16)23-14(2)28)26-27-22(31)21(30)25-18-12-17(32-3)9-10-19(18)33-4/h5-10,12H,11H2,1-4H3,(H,23,28)(H,24,29)(H,25,30)(H,27,31). The van der Waals surface area contributed by atoms with Crippen LogP contribution >= 0.6 is 0 Å². The van der Waals surface area contributed by atoms with Crippen LogP contribution in [0.1, 0.15) is 20.3 Å². The fraction of sp³-hybridized carbons (Fsp3) is 0.227. The van der Waals surface area contributed by atoms with E-state index in [1.165, 1.54) is 34.1 Å². The second-order valence-corrected chi connectivity index (χ2v) is 6.79. The van der Waals surface area contributed by atoms with Gasteiger partial charge in [-0.3, -0.25) is 19.2 Å². The first kappa shape index (κ1) is 24.9. The quantitative estimate of drug-likeness (QED) is 0.272. The van der Waals surface area contributed by atoms with Gasteiger partial charge in [-0.05, 0) is 43.3 Å². The molecule has 0 unspecified atom stereocenters. The van der Waals surface area contributed by atoms with Crippen molar-refractivity contribution in [1.29, 1.82) is 0 Å². The molecule has 2 aromatic rings. The lowest BCUT2D eigenvalue weighted by molar-refractivity contribution is -0.136. The lowest BCUT2D eigenvalue weighted by Crippen LogP contribution is -2.33. The van der Waals surface area contributed by atoms with Crippen LogP contribution in [0.5, 0.6) is 11.5 Å². The number of rotatable bonds is 8. The molecule has 0 radical (unpaired) electrons. The van der Waals surface area contributed by atoms with Gasteiger partial charge in [-0.2, -0.15) is 5.10 Å². The van der Waals surface area contributed by atoms with E-state index in [0.29, 0.717) is 22.9 Å². The SMILES string of the molecule is COc1ccc(OC)c(NC(=O)C(=O)NN=C(C)CC(=O)Nc2ccc(NC(C)=O)cc2)c1. The van der Waals surface area contributed by atoms with E-state index in [1.807, 2.05) is 0 Å². The van der Waals surface area contributed by atoms with Crippen LogP contribution in [0.25, 0.3) is 0 Å².